The molecule has 1 aliphatic rings. The molecule has 0 amide bonds. The van der Waals surface area contributed by atoms with Crippen molar-refractivity contribution in [2.75, 3.05) is 6.61 Å². The van der Waals surface area contributed by atoms with E-state index in [0.29, 0.717) is 12.8 Å². The van der Waals surface area contributed by atoms with E-state index in [1.54, 1.807) is 13.8 Å². The molecule has 0 radical (unpaired) electrons. The average molecular weight is 420 g/mol. The minimum atomic E-state index is -0.850. The molecular formula is C26H29NO4. The SMILES string of the molecule is CCOC(=O)C(CC)C(=O)OC1CCc2c(n(Cc3ccccc3)c3ccccc23)C1. The fourth-order valence-corrected chi connectivity index (χ4v) is 4.53. The fraction of sp³-hybridized carbons (Fsp3) is 0.385. The first-order valence-electron chi connectivity index (χ1n) is 11.1. The Morgan fingerprint density at radius 3 is 2.52 bits per heavy atom. The number of hydrogen-bond donors (Lipinski definition) is 0. The van der Waals surface area contributed by atoms with Crippen molar-refractivity contribution in [3.8, 4) is 0 Å². The highest BCUT2D eigenvalue weighted by atomic mass is 16.6. The molecule has 0 fully saturated rings. The number of fused-ring (bicyclic) bond motifs is 3. The fourth-order valence-electron chi connectivity index (χ4n) is 4.53. The Hall–Kier alpha value is -3.08. The van der Waals surface area contributed by atoms with Crippen LogP contribution in [-0.2, 0) is 38.4 Å². The summed E-state index contributed by atoms with van der Waals surface area (Å²) in [4.78, 5) is 24.8. The molecule has 0 saturated carbocycles. The van der Waals surface area contributed by atoms with Crippen LogP contribution < -0.4 is 0 Å². The number of ether oxygens (including phenoxy) is 2. The van der Waals surface area contributed by atoms with Gasteiger partial charge in [0, 0.05) is 29.6 Å². The van der Waals surface area contributed by atoms with Gasteiger partial charge in [-0.25, -0.2) is 0 Å². The number of aryl methyl sites for hydroxylation is 1. The molecular weight excluding hydrogens is 390 g/mol. The van der Waals surface area contributed by atoms with Crippen molar-refractivity contribution >= 4 is 22.8 Å². The Balaban J connectivity index is 1.59. The second kappa shape index (κ2) is 9.38. The zero-order valence-corrected chi connectivity index (χ0v) is 18.2. The summed E-state index contributed by atoms with van der Waals surface area (Å²) >= 11 is 0. The molecule has 162 valence electrons. The standard InChI is InChI=1S/C26H29NO4/c1-3-20(25(28)30-4-2)26(29)31-19-14-15-22-21-12-8-9-13-23(21)27(24(22)16-19)17-18-10-6-5-7-11-18/h5-13,19-20H,3-4,14-17H2,1-2H3. The first kappa shape index (κ1) is 21.2. The normalized spacial score (nSPS) is 16.5. The predicted molar refractivity (Wildman–Crippen MR) is 120 cm³/mol. The molecule has 1 aliphatic carbocycles. The van der Waals surface area contributed by atoms with Gasteiger partial charge in [0.2, 0.25) is 0 Å². The molecule has 0 bridgehead atoms. The van der Waals surface area contributed by atoms with Crippen LogP contribution in [-0.4, -0.2) is 29.2 Å². The van der Waals surface area contributed by atoms with Crippen LogP contribution in [0.15, 0.2) is 54.6 Å². The van der Waals surface area contributed by atoms with E-state index in [-0.39, 0.29) is 12.7 Å². The number of esters is 2. The highest BCUT2D eigenvalue weighted by Gasteiger charge is 2.32. The number of nitrogens with zero attached hydrogens (tertiary/aromatic N) is 1. The molecule has 2 unspecified atom stereocenters. The molecule has 2 atom stereocenters. The first-order valence-corrected chi connectivity index (χ1v) is 11.1. The second-order valence-corrected chi connectivity index (χ2v) is 8.03. The van der Waals surface area contributed by atoms with E-state index < -0.39 is 17.9 Å². The smallest absolute Gasteiger partial charge is 0.320 e. The molecule has 0 aliphatic heterocycles. The van der Waals surface area contributed by atoms with Crippen molar-refractivity contribution in [3.05, 3.63) is 71.4 Å². The van der Waals surface area contributed by atoms with Gasteiger partial charge in [-0.3, -0.25) is 9.59 Å². The van der Waals surface area contributed by atoms with Crippen molar-refractivity contribution in [1.82, 2.24) is 4.57 Å². The van der Waals surface area contributed by atoms with Crippen LogP contribution in [0.4, 0.5) is 0 Å². The number of benzene rings is 2. The Morgan fingerprint density at radius 1 is 1.03 bits per heavy atom. The van der Waals surface area contributed by atoms with E-state index in [1.165, 1.54) is 27.7 Å². The van der Waals surface area contributed by atoms with E-state index >= 15 is 0 Å². The summed E-state index contributed by atoms with van der Waals surface area (Å²) in [6.07, 6.45) is 2.41. The molecule has 0 saturated heterocycles. The first-order chi connectivity index (χ1) is 15.1. The second-order valence-electron chi connectivity index (χ2n) is 8.03. The quantitative estimate of drug-likeness (QED) is 0.412. The minimum absolute atomic E-state index is 0.234. The molecule has 1 heterocycles. The van der Waals surface area contributed by atoms with Crippen LogP contribution in [0.1, 0.15) is 43.5 Å². The van der Waals surface area contributed by atoms with E-state index in [2.05, 4.69) is 53.1 Å². The summed E-state index contributed by atoms with van der Waals surface area (Å²) < 4.78 is 13.2. The van der Waals surface area contributed by atoms with Gasteiger partial charge < -0.3 is 14.0 Å². The molecule has 31 heavy (non-hydrogen) atoms. The van der Waals surface area contributed by atoms with Crippen molar-refractivity contribution < 1.29 is 19.1 Å². The largest absolute Gasteiger partial charge is 0.465 e. The molecule has 1 aromatic heterocycles. The summed E-state index contributed by atoms with van der Waals surface area (Å²) in [6, 6.07) is 18.9. The van der Waals surface area contributed by atoms with Crippen LogP contribution >= 0.6 is 0 Å². The number of aromatic nitrogens is 1. The molecule has 0 spiro atoms. The molecule has 2 aromatic carbocycles. The van der Waals surface area contributed by atoms with Gasteiger partial charge in [0.05, 0.1) is 6.61 Å². The van der Waals surface area contributed by atoms with E-state index in [9.17, 15) is 9.59 Å². The van der Waals surface area contributed by atoms with E-state index in [1.807, 2.05) is 6.07 Å². The number of rotatable bonds is 7. The molecule has 5 heteroatoms. The topological polar surface area (TPSA) is 57.5 Å². The Kier molecular flexibility index (Phi) is 6.40. The molecule has 5 nitrogen and oxygen atoms in total. The molecule has 4 rings (SSSR count). The minimum Gasteiger partial charge on any atom is -0.465 e. The van der Waals surface area contributed by atoms with Gasteiger partial charge in [0.15, 0.2) is 5.92 Å². The number of hydrogen-bond acceptors (Lipinski definition) is 4. The maximum Gasteiger partial charge on any atom is 0.320 e. The van der Waals surface area contributed by atoms with Gasteiger partial charge in [-0.1, -0.05) is 55.5 Å². The summed E-state index contributed by atoms with van der Waals surface area (Å²) in [6.45, 7) is 4.58. The van der Waals surface area contributed by atoms with E-state index in [4.69, 9.17) is 9.47 Å². The van der Waals surface area contributed by atoms with Gasteiger partial charge in [0.25, 0.3) is 0 Å². The third-order valence-electron chi connectivity index (χ3n) is 6.06. The highest BCUT2D eigenvalue weighted by molar-refractivity contribution is 5.95. The zero-order chi connectivity index (χ0) is 21.8. The van der Waals surface area contributed by atoms with Crippen LogP contribution in [0.5, 0.6) is 0 Å². The number of para-hydroxylation sites is 1. The number of carbonyl (C=O) groups excluding carboxylic acids is 2. The Morgan fingerprint density at radius 2 is 1.77 bits per heavy atom. The van der Waals surface area contributed by atoms with Crippen molar-refractivity contribution in [2.45, 2.75) is 52.2 Å². The van der Waals surface area contributed by atoms with Gasteiger partial charge in [-0.15, -0.1) is 0 Å². The highest BCUT2D eigenvalue weighted by Crippen LogP contribution is 2.34. The molecule has 0 N–H and O–H groups in total. The lowest BCUT2D eigenvalue weighted by Crippen LogP contribution is -2.33. The van der Waals surface area contributed by atoms with Crippen LogP contribution in [0, 0.1) is 5.92 Å². The van der Waals surface area contributed by atoms with Gasteiger partial charge in [-0.05, 0) is 43.4 Å². The van der Waals surface area contributed by atoms with E-state index in [0.717, 1.165) is 19.4 Å². The van der Waals surface area contributed by atoms with Gasteiger partial charge in [0.1, 0.15) is 6.10 Å². The monoisotopic (exact) mass is 419 g/mol. The van der Waals surface area contributed by atoms with Crippen molar-refractivity contribution in [1.29, 1.82) is 0 Å². The maximum absolute atomic E-state index is 12.7. The Bertz CT molecular complexity index is 1070. The lowest BCUT2D eigenvalue weighted by atomic mass is 9.93. The van der Waals surface area contributed by atoms with Gasteiger partial charge >= 0.3 is 11.9 Å². The lowest BCUT2D eigenvalue weighted by Gasteiger charge is -2.26. The summed E-state index contributed by atoms with van der Waals surface area (Å²) in [5.41, 5.74) is 5.01. The number of carbonyl (C=O) groups is 2. The maximum atomic E-state index is 12.7. The summed E-state index contributed by atoms with van der Waals surface area (Å²) in [5, 5.41) is 1.27. The Labute approximate surface area is 183 Å². The molecule has 3 aromatic rings. The zero-order valence-electron chi connectivity index (χ0n) is 18.2. The van der Waals surface area contributed by atoms with Crippen molar-refractivity contribution in [2.24, 2.45) is 5.92 Å². The van der Waals surface area contributed by atoms with Crippen molar-refractivity contribution in [3.63, 3.8) is 0 Å². The van der Waals surface area contributed by atoms with Crippen LogP contribution in [0.3, 0.4) is 0 Å². The average Bonchev–Trinajstić information content (AvgIpc) is 3.08. The third-order valence-corrected chi connectivity index (χ3v) is 6.06. The summed E-state index contributed by atoms with van der Waals surface area (Å²) in [5.74, 6) is -1.82. The van der Waals surface area contributed by atoms with Crippen LogP contribution in [0.25, 0.3) is 10.9 Å². The van der Waals surface area contributed by atoms with Gasteiger partial charge in [-0.2, -0.15) is 0 Å². The van der Waals surface area contributed by atoms with Crippen LogP contribution in [0.2, 0.25) is 0 Å². The summed E-state index contributed by atoms with van der Waals surface area (Å²) in [7, 11) is 0. The predicted octanol–water partition coefficient (Wildman–Crippen LogP) is 4.68. The third kappa shape index (κ3) is 4.36. The lowest BCUT2D eigenvalue weighted by molar-refractivity contribution is -0.165.